The van der Waals surface area contributed by atoms with Gasteiger partial charge in [-0.05, 0) is 24.8 Å². The molecule has 1 heterocycles. The van der Waals surface area contributed by atoms with Crippen LogP contribution in [0, 0.1) is 0 Å². The van der Waals surface area contributed by atoms with Gasteiger partial charge in [0.15, 0.2) is 0 Å². The Morgan fingerprint density at radius 1 is 1.06 bits per heavy atom. The average molecular weight is 214 g/mol. The first-order valence-corrected chi connectivity index (χ1v) is 6.22. The van der Waals surface area contributed by atoms with Crippen molar-refractivity contribution in [2.45, 2.75) is 38.0 Å². The summed E-state index contributed by atoms with van der Waals surface area (Å²) in [4.78, 5) is 3.30. The molecule has 16 heavy (non-hydrogen) atoms. The van der Waals surface area contributed by atoms with Crippen LogP contribution in [-0.4, -0.2) is 4.98 Å². The fourth-order valence-electron chi connectivity index (χ4n) is 3.02. The van der Waals surface area contributed by atoms with E-state index in [0.29, 0.717) is 5.92 Å². The van der Waals surface area contributed by atoms with Crippen LogP contribution in [0.3, 0.4) is 0 Å². The Morgan fingerprint density at radius 3 is 2.62 bits per heavy atom. The molecular weight excluding hydrogens is 196 g/mol. The van der Waals surface area contributed by atoms with Crippen molar-refractivity contribution in [3.8, 4) is 0 Å². The first-order chi connectivity index (χ1) is 7.86. The number of hydrogen-bond acceptors (Lipinski definition) is 1. The van der Waals surface area contributed by atoms with E-state index < -0.39 is 0 Å². The van der Waals surface area contributed by atoms with Crippen molar-refractivity contribution in [1.29, 1.82) is 0 Å². The third-order valence-corrected chi connectivity index (χ3v) is 3.79. The lowest BCUT2D eigenvalue weighted by atomic mass is 9.83. The maximum absolute atomic E-state index is 6.13. The lowest BCUT2D eigenvalue weighted by Gasteiger charge is -2.21. The summed E-state index contributed by atoms with van der Waals surface area (Å²) in [6.07, 6.45) is 6.68. The van der Waals surface area contributed by atoms with Gasteiger partial charge in [0.2, 0.25) is 0 Å². The van der Waals surface area contributed by atoms with Gasteiger partial charge in [-0.15, -0.1) is 0 Å². The zero-order valence-electron chi connectivity index (χ0n) is 9.50. The average Bonchev–Trinajstić information content (AvgIpc) is 2.66. The van der Waals surface area contributed by atoms with Crippen molar-refractivity contribution in [1.82, 2.24) is 4.98 Å². The van der Waals surface area contributed by atoms with Crippen LogP contribution in [0.4, 0.5) is 5.82 Å². The Labute approximate surface area is 95.8 Å². The number of rotatable bonds is 1. The molecule has 0 spiro atoms. The maximum Gasteiger partial charge on any atom is 0.105 e. The van der Waals surface area contributed by atoms with Gasteiger partial charge in [0.05, 0.1) is 0 Å². The summed E-state index contributed by atoms with van der Waals surface area (Å²) in [5, 5.41) is 1.33. The molecule has 2 heteroatoms. The number of anilines is 1. The second-order valence-electron chi connectivity index (χ2n) is 4.83. The van der Waals surface area contributed by atoms with E-state index in [4.69, 9.17) is 5.73 Å². The summed E-state index contributed by atoms with van der Waals surface area (Å²) in [5.41, 5.74) is 8.68. The van der Waals surface area contributed by atoms with Crippen LogP contribution in [0.1, 0.15) is 43.6 Å². The highest BCUT2D eigenvalue weighted by Gasteiger charge is 2.21. The minimum atomic E-state index is 0.671. The molecule has 3 rings (SSSR count). The predicted molar refractivity (Wildman–Crippen MR) is 68.5 cm³/mol. The van der Waals surface area contributed by atoms with Crippen molar-refractivity contribution in [2.75, 3.05) is 5.73 Å². The van der Waals surface area contributed by atoms with Crippen LogP contribution >= 0.6 is 0 Å². The van der Waals surface area contributed by atoms with Gasteiger partial charge in [0, 0.05) is 16.5 Å². The Balaban J connectivity index is 2.10. The normalized spacial score (nSPS) is 18.0. The van der Waals surface area contributed by atoms with Gasteiger partial charge in [0.1, 0.15) is 5.82 Å². The van der Waals surface area contributed by atoms with Gasteiger partial charge in [-0.25, -0.2) is 0 Å². The third kappa shape index (κ3) is 1.49. The van der Waals surface area contributed by atoms with Gasteiger partial charge in [0.25, 0.3) is 0 Å². The van der Waals surface area contributed by atoms with Crippen LogP contribution in [0.2, 0.25) is 0 Å². The summed E-state index contributed by atoms with van der Waals surface area (Å²) in [6.45, 7) is 0. The fourth-order valence-corrected chi connectivity index (χ4v) is 3.02. The summed E-state index contributed by atoms with van der Waals surface area (Å²) < 4.78 is 0. The molecule has 1 aromatic carbocycles. The van der Waals surface area contributed by atoms with E-state index in [-0.39, 0.29) is 0 Å². The SMILES string of the molecule is Nc1[nH]c2ccccc2c1C1CCCCC1. The highest BCUT2D eigenvalue weighted by atomic mass is 14.9. The lowest BCUT2D eigenvalue weighted by molar-refractivity contribution is 0.446. The van der Waals surface area contributed by atoms with Crippen molar-refractivity contribution in [2.24, 2.45) is 0 Å². The number of aromatic amines is 1. The number of fused-ring (bicyclic) bond motifs is 1. The van der Waals surface area contributed by atoms with E-state index in [0.717, 1.165) is 5.82 Å². The van der Waals surface area contributed by atoms with E-state index in [9.17, 15) is 0 Å². The Kier molecular flexibility index (Phi) is 2.35. The Bertz CT molecular complexity index is 492. The number of nitrogens with one attached hydrogen (secondary N) is 1. The quantitative estimate of drug-likeness (QED) is 0.745. The zero-order chi connectivity index (χ0) is 11.0. The number of hydrogen-bond donors (Lipinski definition) is 2. The standard InChI is InChI=1S/C14H18N2/c15-14-13(10-6-2-1-3-7-10)11-8-4-5-9-12(11)16-14/h4-5,8-10,16H,1-3,6-7,15H2. The monoisotopic (exact) mass is 214 g/mol. The minimum Gasteiger partial charge on any atom is -0.385 e. The summed E-state index contributed by atoms with van der Waals surface area (Å²) in [6, 6.07) is 8.45. The molecule has 2 aromatic rings. The highest BCUT2D eigenvalue weighted by Crippen LogP contribution is 2.39. The van der Waals surface area contributed by atoms with Crippen LogP contribution in [0.5, 0.6) is 0 Å². The number of para-hydroxylation sites is 1. The van der Waals surface area contributed by atoms with Crippen LogP contribution in [0.25, 0.3) is 10.9 Å². The first-order valence-electron chi connectivity index (χ1n) is 6.22. The summed E-state index contributed by atoms with van der Waals surface area (Å²) in [7, 11) is 0. The summed E-state index contributed by atoms with van der Waals surface area (Å²) >= 11 is 0. The minimum absolute atomic E-state index is 0.671. The molecule has 1 aromatic heterocycles. The van der Waals surface area contributed by atoms with Gasteiger partial charge in [-0.3, -0.25) is 0 Å². The molecule has 0 aliphatic heterocycles. The number of aromatic nitrogens is 1. The van der Waals surface area contributed by atoms with Crippen molar-refractivity contribution < 1.29 is 0 Å². The van der Waals surface area contributed by atoms with Crippen LogP contribution < -0.4 is 5.73 Å². The topological polar surface area (TPSA) is 41.8 Å². The molecule has 2 nitrogen and oxygen atoms in total. The molecule has 0 unspecified atom stereocenters. The smallest absolute Gasteiger partial charge is 0.105 e. The van der Waals surface area contributed by atoms with E-state index in [1.807, 2.05) is 0 Å². The predicted octanol–water partition coefficient (Wildman–Crippen LogP) is 3.80. The highest BCUT2D eigenvalue weighted by molar-refractivity contribution is 5.88. The van der Waals surface area contributed by atoms with Gasteiger partial charge in [-0.2, -0.15) is 0 Å². The Hall–Kier alpha value is -1.44. The van der Waals surface area contributed by atoms with E-state index in [2.05, 4.69) is 29.2 Å². The van der Waals surface area contributed by atoms with Crippen molar-refractivity contribution in [3.63, 3.8) is 0 Å². The Morgan fingerprint density at radius 2 is 1.81 bits per heavy atom. The molecule has 1 aliphatic rings. The van der Waals surface area contributed by atoms with E-state index in [1.165, 1.54) is 48.6 Å². The van der Waals surface area contributed by atoms with E-state index >= 15 is 0 Å². The molecule has 0 bridgehead atoms. The van der Waals surface area contributed by atoms with Crippen LogP contribution in [-0.2, 0) is 0 Å². The molecular formula is C14H18N2. The van der Waals surface area contributed by atoms with Crippen molar-refractivity contribution >= 4 is 16.7 Å². The zero-order valence-corrected chi connectivity index (χ0v) is 9.50. The fraction of sp³-hybridized carbons (Fsp3) is 0.429. The first kappa shape index (κ1) is 9.76. The molecule has 84 valence electrons. The van der Waals surface area contributed by atoms with Crippen LogP contribution in [0.15, 0.2) is 24.3 Å². The molecule has 0 amide bonds. The molecule has 3 N–H and O–H groups in total. The molecule has 1 aliphatic carbocycles. The molecule has 0 radical (unpaired) electrons. The number of benzene rings is 1. The van der Waals surface area contributed by atoms with Gasteiger partial charge >= 0.3 is 0 Å². The number of H-pyrrole nitrogens is 1. The van der Waals surface area contributed by atoms with Gasteiger partial charge in [-0.1, -0.05) is 37.5 Å². The molecule has 1 saturated carbocycles. The van der Waals surface area contributed by atoms with Gasteiger partial charge < -0.3 is 10.7 Å². The molecule has 1 fully saturated rings. The number of nitrogens with two attached hydrogens (primary N) is 1. The second-order valence-corrected chi connectivity index (χ2v) is 4.83. The van der Waals surface area contributed by atoms with E-state index in [1.54, 1.807) is 0 Å². The third-order valence-electron chi connectivity index (χ3n) is 3.79. The lowest BCUT2D eigenvalue weighted by Crippen LogP contribution is -2.06. The summed E-state index contributed by atoms with van der Waals surface area (Å²) in [5.74, 6) is 1.55. The number of nitrogen functional groups attached to an aromatic ring is 1. The van der Waals surface area contributed by atoms with Crippen molar-refractivity contribution in [3.05, 3.63) is 29.8 Å². The second kappa shape index (κ2) is 3.85. The maximum atomic E-state index is 6.13. The molecule has 0 saturated heterocycles. The molecule has 0 atom stereocenters. The largest absolute Gasteiger partial charge is 0.385 e.